The third kappa shape index (κ3) is 5.50. The van der Waals surface area contributed by atoms with Gasteiger partial charge in [-0.05, 0) is 11.1 Å². The van der Waals surface area contributed by atoms with Crippen molar-refractivity contribution >= 4 is 25.4 Å². The number of aliphatic carboxylic acids is 1. The Labute approximate surface area is 135 Å². The molecular weight excluding hydrogens is 293 g/mol. The van der Waals surface area contributed by atoms with Crippen LogP contribution in [-0.2, 0) is 22.6 Å². The first kappa shape index (κ1) is 16.6. The summed E-state index contributed by atoms with van der Waals surface area (Å²) in [6.07, 6.45) is -0.618. The summed E-state index contributed by atoms with van der Waals surface area (Å²) in [5.41, 5.74) is 2.18. The maximum Gasteiger partial charge on any atom is 0.408 e. The Morgan fingerprint density at radius 1 is 1.04 bits per heavy atom. The molecule has 0 fully saturated rings. The Bertz CT molecular complexity index is 658. The molecule has 5 nitrogen and oxygen atoms in total. The summed E-state index contributed by atoms with van der Waals surface area (Å²) < 4.78 is 5.03. The smallest absolute Gasteiger partial charge is 0.408 e. The first-order valence-electron chi connectivity index (χ1n) is 7.09. The topological polar surface area (TPSA) is 75.6 Å². The number of alkyl carbamates (subject to hydrolysis) is 1. The number of hydrogen-bond acceptors (Lipinski definition) is 3. The minimum Gasteiger partial charge on any atom is -0.480 e. The lowest BCUT2D eigenvalue weighted by Gasteiger charge is -2.15. The first-order chi connectivity index (χ1) is 11.0. The number of amides is 1. The molecule has 2 radical (unpaired) electrons. The van der Waals surface area contributed by atoms with Crippen LogP contribution in [0.25, 0.3) is 0 Å². The molecule has 0 saturated carbocycles. The molecule has 116 valence electrons. The molecule has 0 heterocycles. The maximum absolute atomic E-state index is 11.8. The highest BCUT2D eigenvalue weighted by atomic mass is 16.5. The predicted molar refractivity (Wildman–Crippen MR) is 86.7 cm³/mol. The molecule has 2 N–H and O–H groups in total. The van der Waals surface area contributed by atoms with Crippen LogP contribution in [0.5, 0.6) is 0 Å². The van der Waals surface area contributed by atoms with Crippen molar-refractivity contribution in [3.8, 4) is 0 Å². The number of rotatable bonds is 6. The lowest BCUT2D eigenvalue weighted by Crippen LogP contribution is -2.42. The summed E-state index contributed by atoms with van der Waals surface area (Å²) in [5.74, 6) is -1.13. The van der Waals surface area contributed by atoms with Gasteiger partial charge in [-0.25, -0.2) is 9.59 Å². The highest BCUT2D eigenvalue weighted by Crippen LogP contribution is 2.04. The van der Waals surface area contributed by atoms with E-state index in [9.17, 15) is 14.7 Å². The monoisotopic (exact) mass is 309 g/mol. The largest absolute Gasteiger partial charge is 0.480 e. The molecule has 0 bridgehead atoms. The summed E-state index contributed by atoms with van der Waals surface area (Å²) in [6.45, 7) is 0.0842. The Morgan fingerprint density at radius 2 is 1.70 bits per heavy atom. The second-order valence-corrected chi connectivity index (χ2v) is 5.04. The molecule has 6 heteroatoms. The van der Waals surface area contributed by atoms with Gasteiger partial charge in [-0.1, -0.05) is 60.1 Å². The van der Waals surface area contributed by atoms with Crippen LogP contribution in [0, 0.1) is 0 Å². The van der Waals surface area contributed by atoms with Gasteiger partial charge in [-0.15, -0.1) is 0 Å². The van der Waals surface area contributed by atoms with E-state index in [1.165, 1.54) is 0 Å². The van der Waals surface area contributed by atoms with Gasteiger partial charge in [-0.3, -0.25) is 0 Å². The lowest BCUT2D eigenvalue weighted by molar-refractivity contribution is -0.139. The van der Waals surface area contributed by atoms with Crippen LogP contribution in [0.4, 0.5) is 4.79 Å². The van der Waals surface area contributed by atoms with E-state index >= 15 is 0 Å². The molecule has 1 amide bonds. The van der Waals surface area contributed by atoms with Gasteiger partial charge in [0.25, 0.3) is 0 Å². The van der Waals surface area contributed by atoms with Gasteiger partial charge < -0.3 is 15.2 Å². The summed E-state index contributed by atoms with van der Waals surface area (Å²) in [6, 6.07) is 14.9. The van der Waals surface area contributed by atoms with Crippen LogP contribution >= 0.6 is 0 Å². The fourth-order valence-corrected chi connectivity index (χ4v) is 2.00. The quantitative estimate of drug-likeness (QED) is 0.791. The van der Waals surface area contributed by atoms with E-state index < -0.39 is 18.1 Å². The SMILES string of the molecule is [B]c1ccc(CC(NC(=O)OCc2ccccc2)C(=O)O)cc1. The molecule has 2 rings (SSSR count). The second-order valence-electron chi connectivity index (χ2n) is 5.04. The standard InChI is InChI=1S/C17H16BNO4/c18-14-8-6-12(7-9-14)10-15(16(20)21)19-17(22)23-11-13-4-2-1-3-5-13/h1-9,15H,10-11H2,(H,19,22)(H,20,21). The van der Waals surface area contributed by atoms with E-state index in [-0.39, 0.29) is 13.0 Å². The molecule has 2 aromatic carbocycles. The van der Waals surface area contributed by atoms with Crippen LogP contribution < -0.4 is 10.8 Å². The van der Waals surface area contributed by atoms with Crippen molar-refractivity contribution in [1.29, 1.82) is 0 Å². The number of benzene rings is 2. The van der Waals surface area contributed by atoms with E-state index in [1.807, 2.05) is 30.3 Å². The molecule has 2 aromatic rings. The van der Waals surface area contributed by atoms with Gasteiger partial charge in [0.15, 0.2) is 0 Å². The summed E-state index contributed by atoms with van der Waals surface area (Å²) >= 11 is 0. The number of hydrogen-bond donors (Lipinski definition) is 2. The summed E-state index contributed by atoms with van der Waals surface area (Å²) in [7, 11) is 5.59. The van der Waals surface area contributed by atoms with Crippen molar-refractivity contribution in [3.63, 3.8) is 0 Å². The van der Waals surface area contributed by atoms with Crippen LogP contribution in [0.3, 0.4) is 0 Å². The van der Waals surface area contributed by atoms with Crippen LogP contribution in [0.15, 0.2) is 54.6 Å². The number of carbonyl (C=O) groups excluding carboxylic acids is 1. The van der Waals surface area contributed by atoms with E-state index in [0.717, 1.165) is 11.1 Å². The molecule has 23 heavy (non-hydrogen) atoms. The number of ether oxygens (including phenoxy) is 1. The van der Waals surface area contributed by atoms with Crippen molar-refractivity contribution in [3.05, 3.63) is 65.7 Å². The third-order valence-corrected chi connectivity index (χ3v) is 3.22. The van der Waals surface area contributed by atoms with Gasteiger partial charge in [0.1, 0.15) is 20.5 Å². The first-order valence-corrected chi connectivity index (χ1v) is 7.09. The molecular formula is C17H16BNO4. The van der Waals surface area contributed by atoms with Crippen molar-refractivity contribution in [2.45, 2.75) is 19.1 Å². The lowest BCUT2D eigenvalue weighted by atomic mass is 9.94. The van der Waals surface area contributed by atoms with Crippen LogP contribution in [0.2, 0.25) is 0 Å². The summed E-state index contributed by atoms with van der Waals surface area (Å²) in [5, 5.41) is 11.6. The van der Waals surface area contributed by atoms with Crippen molar-refractivity contribution < 1.29 is 19.4 Å². The number of carbonyl (C=O) groups is 2. The number of carboxylic acids is 1. The van der Waals surface area contributed by atoms with Gasteiger partial charge in [0.2, 0.25) is 0 Å². The van der Waals surface area contributed by atoms with Gasteiger partial charge in [0.05, 0.1) is 0 Å². The van der Waals surface area contributed by atoms with E-state index in [2.05, 4.69) is 5.32 Å². The minimum atomic E-state index is -1.13. The zero-order valence-corrected chi connectivity index (χ0v) is 12.4. The second kappa shape index (κ2) is 8.03. The molecule has 0 aliphatic rings. The van der Waals surface area contributed by atoms with Gasteiger partial charge >= 0.3 is 12.1 Å². The molecule has 0 saturated heterocycles. The number of nitrogens with one attached hydrogen (secondary N) is 1. The van der Waals surface area contributed by atoms with E-state index in [4.69, 9.17) is 12.6 Å². The van der Waals surface area contributed by atoms with Crippen LogP contribution in [0.1, 0.15) is 11.1 Å². The van der Waals surface area contributed by atoms with E-state index in [0.29, 0.717) is 5.46 Å². The highest BCUT2D eigenvalue weighted by Gasteiger charge is 2.21. The van der Waals surface area contributed by atoms with Crippen LogP contribution in [-0.4, -0.2) is 31.1 Å². The Morgan fingerprint density at radius 3 is 2.30 bits per heavy atom. The third-order valence-electron chi connectivity index (χ3n) is 3.22. The van der Waals surface area contributed by atoms with Gasteiger partial charge in [0, 0.05) is 6.42 Å². The normalized spacial score (nSPS) is 11.5. The molecule has 0 aliphatic carbocycles. The van der Waals surface area contributed by atoms with Crippen molar-refractivity contribution in [2.24, 2.45) is 0 Å². The van der Waals surface area contributed by atoms with Crippen molar-refractivity contribution in [1.82, 2.24) is 5.32 Å². The molecule has 0 spiro atoms. The van der Waals surface area contributed by atoms with Crippen molar-refractivity contribution in [2.75, 3.05) is 0 Å². The Kier molecular flexibility index (Phi) is 5.80. The van der Waals surface area contributed by atoms with E-state index in [1.54, 1.807) is 24.3 Å². The maximum atomic E-state index is 11.8. The van der Waals surface area contributed by atoms with Gasteiger partial charge in [-0.2, -0.15) is 0 Å². The Hall–Kier alpha value is -2.76. The summed E-state index contributed by atoms with van der Waals surface area (Å²) in [4.78, 5) is 23.0. The molecule has 0 aromatic heterocycles. The zero-order chi connectivity index (χ0) is 16.7. The fraction of sp³-hybridized carbons (Fsp3) is 0.176. The Balaban J connectivity index is 1.89. The average Bonchev–Trinajstić information content (AvgIpc) is 2.55. The molecule has 0 aliphatic heterocycles. The fourth-order valence-electron chi connectivity index (χ4n) is 2.00. The highest BCUT2D eigenvalue weighted by molar-refractivity contribution is 6.32. The zero-order valence-electron chi connectivity index (χ0n) is 12.4. The molecule has 1 unspecified atom stereocenters. The predicted octanol–water partition coefficient (Wildman–Crippen LogP) is 1.40. The molecule has 1 atom stereocenters. The minimum absolute atomic E-state index is 0.0842. The average molecular weight is 309 g/mol. The number of carboxylic acid groups (broad SMARTS) is 1.